The Kier molecular flexibility index (Phi) is 4.77. The summed E-state index contributed by atoms with van der Waals surface area (Å²) in [7, 11) is 0. The first-order valence-corrected chi connectivity index (χ1v) is 11.4. The van der Waals surface area contributed by atoms with Crippen molar-refractivity contribution in [2.75, 3.05) is 26.2 Å². The van der Waals surface area contributed by atoms with Crippen molar-refractivity contribution in [1.82, 2.24) is 24.3 Å². The second-order valence-electron chi connectivity index (χ2n) is 9.04. The van der Waals surface area contributed by atoms with Crippen LogP contribution in [0.5, 0.6) is 0 Å². The highest BCUT2D eigenvalue weighted by atomic mass is 16.1. The van der Waals surface area contributed by atoms with Crippen molar-refractivity contribution in [3.63, 3.8) is 0 Å². The fraction of sp³-hybridized carbons (Fsp3) is 0.417. The minimum Gasteiger partial charge on any atom is -0.309 e. The molecular weight excluding hydrogens is 404 g/mol. The summed E-state index contributed by atoms with van der Waals surface area (Å²) in [5.74, 6) is 0. The molecule has 0 aromatic carbocycles. The maximum absolute atomic E-state index is 12.6. The van der Waals surface area contributed by atoms with Crippen molar-refractivity contribution >= 4 is 22.4 Å². The molecule has 3 aliphatic heterocycles. The summed E-state index contributed by atoms with van der Waals surface area (Å²) < 4.78 is 3.58. The van der Waals surface area contributed by atoms with E-state index >= 15 is 0 Å². The van der Waals surface area contributed by atoms with Gasteiger partial charge in [-0.25, -0.2) is 0 Å². The summed E-state index contributed by atoms with van der Waals surface area (Å²) in [5, 5.41) is 4.62. The topological polar surface area (TPSA) is 84.5 Å². The van der Waals surface area contributed by atoms with Gasteiger partial charge in [0, 0.05) is 61.5 Å². The number of nitrogens with zero attached hydrogens (tertiary/aromatic N) is 5. The minimum absolute atomic E-state index is 0.00431. The number of hydrogen-bond donors (Lipinski definition) is 1. The fourth-order valence-electron chi connectivity index (χ4n) is 5.34. The zero-order valence-corrected chi connectivity index (χ0v) is 17.9. The van der Waals surface area contributed by atoms with Crippen molar-refractivity contribution in [3.8, 4) is 0 Å². The van der Waals surface area contributed by atoms with Crippen LogP contribution < -0.4 is 16.4 Å². The molecule has 0 bridgehead atoms. The van der Waals surface area contributed by atoms with Gasteiger partial charge in [0.25, 0.3) is 11.1 Å². The van der Waals surface area contributed by atoms with Crippen LogP contribution in [0.4, 0.5) is 5.69 Å². The largest absolute Gasteiger partial charge is 0.309 e. The number of nitrogens with one attached hydrogen (secondary N) is 1. The van der Waals surface area contributed by atoms with Crippen molar-refractivity contribution < 1.29 is 0 Å². The lowest BCUT2D eigenvalue weighted by atomic mass is 10.0. The molecule has 0 unspecified atom stereocenters. The van der Waals surface area contributed by atoms with Crippen LogP contribution >= 0.6 is 0 Å². The van der Waals surface area contributed by atoms with Gasteiger partial charge in [0.2, 0.25) is 0 Å². The molecule has 6 heterocycles. The molecular formula is C24H26N6O2. The summed E-state index contributed by atoms with van der Waals surface area (Å²) in [6, 6.07) is 11.3. The Morgan fingerprint density at radius 1 is 1.03 bits per heavy atom. The second-order valence-corrected chi connectivity index (χ2v) is 9.04. The summed E-state index contributed by atoms with van der Waals surface area (Å²) in [4.78, 5) is 36.5. The van der Waals surface area contributed by atoms with Crippen LogP contribution in [0, 0.1) is 0 Å². The van der Waals surface area contributed by atoms with E-state index in [-0.39, 0.29) is 17.2 Å². The molecule has 1 atom stereocenters. The molecule has 8 nitrogen and oxygen atoms in total. The summed E-state index contributed by atoms with van der Waals surface area (Å²) >= 11 is 0. The molecule has 0 saturated carbocycles. The van der Waals surface area contributed by atoms with E-state index in [9.17, 15) is 9.59 Å². The van der Waals surface area contributed by atoms with Gasteiger partial charge in [-0.1, -0.05) is 0 Å². The average Bonchev–Trinajstić information content (AvgIpc) is 3.40. The number of pyridine rings is 3. The Balaban J connectivity index is 1.06. The molecule has 1 saturated heterocycles. The smallest absolute Gasteiger partial charge is 0.252 e. The molecule has 3 aromatic heterocycles. The van der Waals surface area contributed by atoms with Crippen LogP contribution in [-0.2, 0) is 13.0 Å². The zero-order chi connectivity index (χ0) is 21.7. The van der Waals surface area contributed by atoms with Crippen LogP contribution in [0.3, 0.4) is 0 Å². The van der Waals surface area contributed by atoms with Gasteiger partial charge >= 0.3 is 0 Å². The van der Waals surface area contributed by atoms with E-state index < -0.39 is 0 Å². The highest BCUT2D eigenvalue weighted by Crippen LogP contribution is 2.26. The number of hydrogen-bond acceptors (Lipinski definition) is 6. The number of piperidine rings is 1. The normalized spacial score (nSPS) is 20.6. The minimum atomic E-state index is -0.0329. The molecule has 1 N–H and O–H groups in total. The van der Waals surface area contributed by atoms with Gasteiger partial charge in [-0.15, -0.1) is 0 Å². The van der Waals surface area contributed by atoms with Gasteiger partial charge in [-0.2, -0.15) is 0 Å². The standard InChI is InChI=1S/C24H26N6O2/c31-22-5-3-16-4-6-23(32)30-19(15-29(22)24(16)30)14-28-10-7-17(8-11-28)26-13-18-12-21-20(27-18)2-1-9-25-21/h1-6,9,17,19,26H,7-8,10-15H2/t19-/m1/s1. The number of aromatic nitrogens is 3. The SMILES string of the molecule is O=c1ccc2ccc(=O)n3c2n1C[C@H]3CN1CCC(NCC2=Nc3cccnc3C2)CC1. The average molecular weight is 431 g/mol. The lowest BCUT2D eigenvalue weighted by Crippen LogP contribution is -2.45. The lowest BCUT2D eigenvalue weighted by Gasteiger charge is -2.34. The molecule has 0 aliphatic carbocycles. The van der Waals surface area contributed by atoms with Crippen molar-refractivity contribution in [2.45, 2.75) is 37.9 Å². The Bertz CT molecular complexity index is 1330. The van der Waals surface area contributed by atoms with Crippen LogP contribution in [0.1, 0.15) is 24.6 Å². The van der Waals surface area contributed by atoms with Crippen LogP contribution in [0.25, 0.3) is 11.0 Å². The number of likely N-dealkylation sites (tertiary alicyclic amines) is 1. The Morgan fingerprint density at radius 2 is 1.84 bits per heavy atom. The van der Waals surface area contributed by atoms with Gasteiger partial charge in [0.15, 0.2) is 0 Å². The molecule has 164 valence electrons. The van der Waals surface area contributed by atoms with Crippen LogP contribution in [-0.4, -0.2) is 57.0 Å². The maximum Gasteiger partial charge on any atom is 0.252 e. The molecule has 3 aromatic rings. The first-order valence-electron chi connectivity index (χ1n) is 11.4. The summed E-state index contributed by atoms with van der Waals surface area (Å²) in [6.45, 7) is 4.14. The molecule has 0 spiro atoms. The van der Waals surface area contributed by atoms with Crippen molar-refractivity contribution in [1.29, 1.82) is 0 Å². The third-order valence-corrected chi connectivity index (χ3v) is 6.98. The highest BCUT2D eigenvalue weighted by Gasteiger charge is 2.29. The first kappa shape index (κ1) is 19.6. The van der Waals surface area contributed by atoms with E-state index in [4.69, 9.17) is 4.99 Å². The first-order chi connectivity index (χ1) is 15.7. The van der Waals surface area contributed by atoms with E-state index in [0.29, 0.717) is 12.6 Å². The summed E-state index contributed by atoms with van der Waals surface area (Å²) in [6.07, 6.45) is 4.80. The molecule has 8 heteroatoms. The molecule has 6 rings (SSSR count). The van der Waals surface area contributed by atoms with Gasteiger partial charge in [-0.05, 0) is 50.2 Å². The molecule has 3 aliphatic rings. The number of fused-ring (bicyclic) bond motifs is 1. The van der Waals surface area contributed by atoms with Crippen molar-refractivity contribution in [2.24, 2.45) is 4.99 Å². The highest BCUT2D eigenvalue weighted by molar-refractivity contribution is 5.94. The quantitative estimate of drug-likeness (QED) is 0.663. The van der Waals surface area contributed by atoms with Crippen LogP contribution in [0.15, 0.2) is 57.2 Å². The fourth-order valence-corrected chi connectivity index (χ4v) is 5.34. The third kappa shape index (κ3) is 3.40. The maximum atomic E-state index is 12.6. The molecule has 0 radical (unpaired) electrons. The van der Waals surface area contributed by atoms with E-state index in [1.165, 1.54) is 0 Å². The molecule has 32 heavy (non-hydrogen) atoms. The zero-order valence-electron chi connectivity index (χ0n) is 17.9. The van der Waals surface area contributed by atoms with Gasteiger partial charge in [0.05, 0.1) is 17.4 Å². The van der Waals surface area contributed by atoms with Crippen LogP contribution in [0.2, 0.25) is 0 Å². The van der Waals surface area contributed by atoms with E-state index in [1.807, 2.05) is 35.0 Å². The van der Waals surface area contributed by atoms with E-state index in [1.54, 1.807) is 16.7 Å². The van der Waals surface area contributed by atoms with E-state index in [2.05, 4.69) is 15.2 Å². The van der Waals surface area contributed by atoms with Crippen molar-refractivity contribution in [3.05, 3.63) is 69.0 Å². The van der Waals surface area contributed by atoms with Gasteiger partial charge < -0.3 is 10.2 Å². The predicted molar refractivity (Wildman–Crippen MR) is 124 cm³/mol. The third-order valence-electron chi connectivity index (χ3n) is 6.98. The Hall–Kier alpha value is -3.10. The second kappa shape index (κ2) is 7.79. The molecule has 0 amide bonds. The van der Waals surface area contributed by atoms with E-state index in [0.717, 1.165) is 73.6 Å². The lowest BCUT2D eigenvalue weighted by molar-refractivity contribution is 0.173. The number of rotatable bonds is 5. The monoisotopic (exact) mass is 430 g/mol. The predicted octanol–water partition coefficient (Wildman–Crippen LogP) is 1.50. The molecule has 1 fully saturated rings. The van der Waals surface area contributed by atoms with Gasteiger partial charge in [0.1, 0.15) is 5.65 Å². The Morgan fingerprint density at radius 3 is 2.66 bits per heavy atom. The Labute approximate surface area is 185 Å². The number of aliphatic imine (C=N–C) groups is 1. The summed E-state index contributed by atoms with van der Waals surface area (Å²) in [5.41, 5.74) is 3.93. The van der Waals surface area contributed by atoms with Gasteiger partial charge in [-0.3, -0.25) is 28.7 Å².